The predicted molar refractivity (Wildman–Crippen MR) is 125 cm³/mol. The number of aromatic nitrogens is 1. The van der Waals surface area contributed by atoms with Gasteiger partial charge >= 0.3 is 0 Å². The van der Waals surface area contributed by atoms with E-state index in [-0.39, 0.29) is 14.0 Å². The summed E-state index contributed by atoms with van der Waals surface area (Å²) < 4.78 is 52.9. The smallest absolute Gasteiger partial charge is 0.267 e. The molecule has 11 heteroatoms. The summed E-state index contributed by atoms with van der Waals surface area (Å²) in [7, 11) is -7.98. The maximum atomic E-state index is 12.8. The minimum Gasteiger partial charge on any atom is -0.267 e. The van der Waals surface area contributed by atoms with Crippen molar-refractivity contribution in [1.29, 1.82) is 0 Å². The van der Waals surface area contributed by atoms with Crippen molar-refractivity contribution >= 4 is 48.4 Å². The molecule has 0 radical (unpaired) electrons. The summed E-state index contributed by atoms with van der Waals surface area (Å²) in [5, 5.41) is 1.14. The highest BCUT2D eigenvalue weighted by Gasteiger charge is 2.30. The molecule has 3 aromatic rings. The maximum absolute atomic E-state index is 12.8. The largest absolute Gasteiger partial charge is 0.277 e. The first-order chi connectivity index (χ1) is 15.2. The molecule has 0 saturated carbocycles. The molecule has 0 bridgehead atoms. The number of hydrogen-bond acceptors (Lipinski definition) is 8. The van der Waals surface area contributed by atoms with E-state index in [0.717, 1.165) is 34.3 Å². The minimum atomic E-state index is -4.25. The van der Waals surface area contributed by atoms with Crippen LogP contribution in [0.25, 0.3) is 10.6 Å². The quantitative estimate of drug-likeness (QED) is 0.542. The summed E-state index contributed by atoms with van der Waals surface area (Å²) in [4.78, 5) is 17.2. The van der Waals surface area contributed by atoms with Crippen LogP contribution in [0.2, 0.25) is 0 Å². The molecule has 7 nitrogen and oxygen atoms in total. The second-order valence-electron chi connectivity index (χ2n) is 6.97. The number of nitrogens with zero attached hydrogens (tertiary/aromatic N) is 1. The lowest BCUT2D eigenvalue weighted by atomic mass is 10.2. The van der Waals surface area contributed by atoms with Gasteiger partial charge in [0.15, 0.2) is 9.84 Å². The standard InChI is InChI=1S/C21H18N2O5S4/c1-14-19(30-21(22-14)15-8-4-2-5-9-15)20(24)23-32(27,28)18-12-17(13-29-18)31(25,26)16-10-6-3-7-11-16/h2-10,12-13,16H,11H2,1H3,(H,23,24). The number of rotatable bonds is 6. The Morgan fingerprint density at radius 2 is 1.88 bits per heavy atom. The highest BCUT2D eigenvalue weighted by atomic mass is 32.2. The molecular weight excluding hydrogens is 489 g/mol. The number of sulfone groups is 1. The molecule has 2 heterocycles. The molecule has 1 unspecified atom stereocenters. The summed E-state index contributed by atoms with van der Waals surface area (Å²) >= 11 is 1.85. The van der Waals surface area contributed by atoms with Gasteiger partial charge in [-0.15, -0.1) is 22.7 Å². The molecule has 0 fully saturated rings. The molecule has 32 heavy (non-hydrogen) atoms. The number of sulfonamides is 1. The van der Waals surface area contributed by atoms with Gasteiger partial charge in [-0.05, 0) is 19.4 Å². The summed E-state index contributed by atoms with van der Waals surface area (Å²) in [6.07, 6.45) is 7.04. The SMILES string of the molecule is Cc1nc(-c2ccccc2)sc1C(=O)NS(=O)(=O)c1cc(S(=O)(=O)C2C=CC=CC2)cs1. The van der Waals surface area contributed by atoms with Crippen LogP contribution in [0.15, 0.2) is 75.2 Å². The van der Waals surface area contributed by atoms with Gasteiger partial charge in [-0.25, -0.2) is 26.5 Å². The van der Waals surface area contributed by atoms with Crippen molar-refractivity contribution in [2.75, 3.05) is 0 Å². The number of thiophene rings is 1. The Bertz CT molecular complexity index is 1430. The van der Waals surface area contributed by atoms with Crippen molar-refractivity contribution in [3.63, 3.8) is 0 Å². The van der Waals surface area contributed by atoms with E-state index in [1.54, 1.807) is 31.2 Å². The van der Waals surface area contributed by atoms with E-state index < -0.39 is 31.0 Å². The third-order valence-corrected chi connectivity index (χ3v) is 10.9. The van der Waals surface area contributed by atoms with Crippen molar-refractivity contribution in [2.45, 2.75) is 27.7 Å². The van der Waals surface area contributed by atoms with E-state index in [4.69, 9.17) is 0 Å². The average Bonchev–Trinajstić information content (AvgIpc) is 3.43. The van der Waals surface area contributed by atoms with Crippen LogP contribution in [0.4, 0.5) is 0 Å². The minimum absolute atomic E-state index is 0.0828. The van der Waals surface area contributed by atoms with E-state index in [1.165, 1.54) is 5.38 Å². The number of amides is 1. The highest BCUT2D eigenvalue weighted by molar-refractivity contribution is 7.93. The molecule has 2 aromatic heterocycles. The monoisotopic (exact) mass is 506 g/mol. The summed E-state index contributed by atoms with van der Waals surface area (Å²) in [5.41, 5.74) is 1.23. The van der Waals surface area contributed by atoms with Gasteiger partial charge in [0, 0.05) is 10.9 Å². The third-order valence-electron chi connectivity index (χ3n) is 4.74. The lowest BCUT2D eigenvalue weighted by molar-refractivity contribution is 0.0984. The Morgan fingerprint density at radius 3 is 2.56 bits per heavy atom. The van der Waals surface area contributed by atoms with E-state index >= 15 is 0 Å². The topological polar surface area (TPSA) is 110 Å². The summed E-state index contributed by atoms with van der Waals surface area (Å²) in [6, 6.07) is 10.3. The first kappa shape index (κ1) is 22.6. The molecule has 0 spiro atoms. The third kappa shape index (κ3) is 4.46. The predicted octanol–water partition coefficient (Wildman–Crippen LogP) is 3.96. The zero-order chi connectivity index (χ0) is 22.9. The fourth-order valence-electron chi connectivity index (χ4n) is 3.08. The lowest BCUT2D eigenvalue weighted by Crippen LogP contribution is -2.30. The van der Waals surface area contributed by atoms with Crippen molar-refractivity contribution in [2.24, 2.45) is 0 Å². The van der Waals surface area contributed by atoms with E-state index in [9.17, 15) is 21.6 Å². The second kappa shape index (κ2) is 8.74. The Kier molecular flexibility index (Phi) is 6.17. The van der Waals surface area contributed by atoms with Gasteiger partial charge in [-0.3, -0.25) is 4.79 Å². The number of hydrogen-bond donors (Lipinski definition) is 1. The van der Waals surface area contributed by atoms with Crippen LogP contribution in [0.3, 0.4) is 0 Å². The number of benzene rings is 1. The van der Waals surface area contributed by atoms with Gasteiger partial charge in [-0.2, -0.15) is 0 Å². The normalized spacial score (nSPS) is 16.2. The second-order valence-corrected chi connectivity index (χ2v) is 13.0. The molecule has 1 amide bonds. The van der Waals surface area contributed by atoms with Crippen LogP contribution < -0.4 is 4.72 Å². The molecule has 1 aliphatic carbocycles. The van der Waals surface area contributed by atoms with Crippen LogP contribution in [0, 0.1) is 6.92 Å². The van der Waals surface area contributed by atoms with Crippen molar-refractivity contribution in [3.05, 3.63) is 76.7 Å². The van der Waals surface area contributed by atoms with Gasteiger partial charge in [0.1, 0.15) is 14.1 Å². The zero-order valence-corrected chi connectivity index (χ0v) is 20.0. The van der Waals surface area contributed by atoms with Crippen molar-refractivity contribution < 1.29 is 21.6 Å². The average molecular weight is 507 g/mol. The molecule has 1 N–H and O–H groups in total. The zero-order valence-electron chi connectivity index (χ0n) is 16.8. The fraction of sp³-hybridized carbons (Fsp3) is 0.143. The number of carbonyl (C=O) groups excluding carboxylic acids is 1. The van der Waals surface area contributed by atoms with Gasteiger partial charge < -0.3 is 0 Å². The van der Waals surface area contributed by atoms with Crippen LogP contribution in [-0.2, 0) is 19.9 Å². The van der Waals surface area contributed by atoms with Crippen molar-refractivity contribution in [1.82, 2.24) is 9.71 Å². The number of carbonyl (C=O) groups is 1. The van der Waals surface area contributed by atoms with Gasteiger partial charge in [-0.1, -0.05) is 54.6 Å². The van der Waals surface area contributed by atoms with E-state index in [0.29, 0.717) is 17.1 Å². The molecule has 1 aromatic carbocycles. The first-order valence-corrected chi connectivity index (χ1v) is 14.2. The molecule has 1 aliphatic rings. The maximum Gasteiger partial charge on any atom is 0.277 e. The highest BCUT2D eigenvalue weighted by Crippen LogP contribution is 2.30. The van der Waals surface area contributed by atoms with Crippen LogP contribution >= 0.6 is 22.7 Å². The van der Waals surface area contributed by atoms with Gasteiger partial charge in [0.2, 0.25) is 0 Å². The molecular formula is C21H18N2O5S4. The van der Waals surface area contributed by atoms with E-state index in [1.807, 2.05) is 35.1 Å². The Hall–Kier alpha value is -2.60. The number of aryl methyl sites for hydroxylation is 1. The summed E-state index contributed by atoms with van der Waals surface area (Å²) in [6.45, 7) is 1.63. The fourth-order valence-corrected chi connectivity index (χ4v) is 8.24. The number of allylic oxidation sites excluding steroid dienone is 3. The van der Waals surface area contributed by atoms with Gasteiger partial charge in [0.05, 0.1) is 15.8 Å². The molecule has 4 rings (SSSR count). The Morgan fingerprint density at radius 1 is 1.12 bits per heavy atom. The lowest BCUT2D eigenvalue weighted by Gasteiger charge is -2.12. The van der Waals surface area contributed by atoms with Crippen molar-refractivity contribution in [3.8, 4) is 10.6 Å². The first-order valence-electron chi connectivity index (χ1n) is 9.44. The van der Waals surface area contributed by atoms with E-state index in [2.05, 4.69) is 4.98 Å². The molecule has 0 saturated heterocycles. The number of thiazole rings is 1. The van der Waals surface area contributed by atoms with Crippen LogP contribution in [-0.4, -0.2) is 33.0 Å². The number of nitrogens with one attached hydrogen (secondary N) is 1. The Labute approximate surface area is 194 Å². The molecule has 1 atom stereocenters. The Balaban J connectivity index is 1.55. The van der Waals surface area contributed by atoms with Crippen LogP contribution in [0.1, 0.15) is 21.8 Å². The molecule has 0 aliphatic heterocycles. The summed E-state index contributed by atoms with van der Waals surface area (Å²) in [5.74, 6) is -0.805. The molecule has 166 valence electrons. The van der Waals surface area contributed by atoms with Gasteiger partial charge in [0.25, 0.3) is 15.9 Å². The van der Waals surface area contributed by atoms with Crippen LogP contribution in [0.5, 0.6) is 0 Å².